The van der Waals surface area contributed by atoms with E-state index in [1.165, 1.54) is 33.3 Å². The summed E-state index contributed by atoms with van der Waals surface area (Å²) in [5, 5.41) is 0. The van der Waals surface area contributed by atoms with E-state index in [2.05, 4.69) is 0 Å². The third-order valence-electron chi connectivity index (χ3n) is 1.98. The van der Waals surface area contributed by atoms with Gasteiger partial charge in [-0.15, -0.1) is 0 Å². The number of carbonyl (C=O) groups excluding carboxylic acids is 2. The molecule has 0 radical (unpaired) electrons. The number of thioether (sulfide) groups is 2. The molecule has 1 saturated heterocycles. The molecule has 0 aromatic heterocycles. The quantitative estimate of drug-likeness (QED) is 0.620. The monoisotopic (exact) mass is 294 g/mol. The number of rotatable bonds is 0. The maximum Gasteiger partial charge on any atom is 0.248 e. The summed E-state index contributed by atoms with van der Waals surface area (Å²) < 4.78 is 0.848. The minimum absolute atomic E-state index is 0.0147. The average molecular weight is 294 g/mol. The molecule has 2 amide bonds. The number of thiocarbonyl (C=S) groups is 2. The smallest absolute Gasteiger partial charge is 0.248 e. The van der Waals surface area contributed by atoms with Gasteiger partial charge in [0.2, 0.25) is 11.8 Å². The van der Waals surface area contributed by atoms with E-state index >= 15 is 0 Å². The lowest BCUT2D eigenvalue weighted by Gasteiger charge is -2.32. The summed E-state index contributed by atoms with van der Waals surface area (Å²) in [4.78, 5) is 26.1. The standard InChI is InChI=1S/C8H10N2O2S4/c1-15-7(13)9-3-6(12)10(4-5(9)11)8(14)16-2/h3-4H2,1-2H3. The van der Waals surface area contributed by atoms with Crippen molar-refractivity contribution in [3.05, 3.63) is 0 Å². The van der Waals surface area contributed by atoms with Gasteiger partial charge in [0.25, 0.3) is 0 Å². The van der Waals surface area contributed by atoms with Crippen LogP contribution in [0.3, 0.4) is 0 Å². The minimum atomic E-state index is -0.185. The van der Waals surface area contributed by atoms with Crippen LogP contribution in [0, 0.1) is 0 Å². The Balaban J connectivity index is 2.78. The molecule has 1 aliphatic rings. The number of hydrogen-bond acceptors (Lipinski definition) is 6. The number of hydrogen-bond donors (Lipinski definition) is 0. The second kappa shape index (κ2) is 5.95. The fourth-order valence-corrected chi connectivity index (χ4v) is 2.28. The van der Waals surface area contributed by atoms with Crippen LogP contribution in [0.1, 0.15) is 0 Å². The maximum atomic E-state index is 11.7. The van der Waals surface area contributed by atoms with Crippen molar-refractivity contribution in [3.8, 4) is 0 Å². The van der Waals surface area contributed by atoms with Gasteiger partial charge in [0.05, 0.1) is 0 Å². The van der Waals surface area contributed by atoms with E-state index in [-0.39, 0.29) is 24.9 Å². The van der Waals surface area contributed by atoms with Crippen molar-refractivity contribution in [2.24, 2.45) is 0 Å². The predicted octanol–water partition coefficient (Wildman–Crippen LogP) is 0.953. The van der Waals surface area contributed by atoms with Crippen molar-refractivity contribution in [3.63, 3.8) is 0 Å². The molecule has 0 N–H and O–H groups in total. The molecule has 0 unspecified atom stereocenters. The van der Waals surface area contributed by atoms with Crippen LogP contribution in [0.4, 0.5) is 0 Å². The summed E-state index contributed by atoms with van der Waals surface area (Å²) in [7, 11) is 0. The molecule has 8 heteroatoms. The Morgan fingerprint density at radius 2 is 1.31 bits per heavy atom. The van der Waals surface area contributed by atoms with Gasteiger partial charge >= 0.3 is 0 Å². The van der Waals surface area contributed by atoms with Crippen molar-refractivity contribution in [2.45, 2.75) is 0 Å². The van der Waals surface area contributed by atoms with Crippen molar-refractivity contribution in [1.82, 2.24) is 9.80 Å². The molecule has 0 saturated carbocycles. The van der Waals surface area contributed by atoms with Gasteiger partial charge in [-0.3, -0.25) is 19.4 Å². The summed E-state index contributed by atoms with van der Waals surface area (Å²) in [6.45, 7) is -0.0294. The normalized spacial score (nSPS) is 16.6. The molecule has 1 rings (SSSR count). The highest BCUT2D eigenvalue weighted by molar-refractivity contribution is 8.22. The number of amides is 2. The van der Waals surface area contributed by atoms with Gasteiger partial charge in [-0.1, -0.05) is 48.0 Å². The fourth-order valence-electron chi connectivity index (χ4n) is 1.17. The van der Waals surface area contributed by atoms with Gasteiger partial charge in [-0.25, -0.2) is 0 Å². The molecule has 1 heterocycles. The summed E-state index contributed by atoms with van der Waals surface area (Å²) in [6.07, 6.45) is 3.55. The number of nitrogens with zero attached hydrogens (tertiary/aromatic N) is 2. The lowest BCUT2D eigenvalue weighted by Crippen LogP contribution is -2.55. The van der Waals surface area contributed by atoms with Crippen LogP contribution in [0.2, 0.25) is 0 Å². The molecule has 0 aromatic carbocycles. The predicted molar refractivity (Wildman–Crippen MR) is 75.7 cm³/mol. The molecule has 0 aliphatic carbocycles. The van der Waals surface area contributed by atoms with E-state index in [4.69, 9.17) is 24.4 Å². The van der Waals surface area contributed by atoms with Gasteiger partial charge in [0.1, 0.15) is 21.7 Å². The summed E-state index contributed by atoms with van der Waals surface area (Å²) >= 11 is 12.6. The highest BCUT2D eigenvalue weighted by atomic mass is 32.2. The molecule has 0 spiro atoms. The zero-order chi connectivity index (χ0) is 12.3. The summed E-state index contributed by atoms with van der Waals surface area (Å²) in [6, 6.07) is 0. The van der Waals surface area contributed by atoms with Crippen LogP contribution in [0.5, 0.6) is 0 Å². The van der Waals surface area contributed by atoms with Crippen LogP contribution < -0.4 is 0 Å². The van der Waals surface area contributed by atoms with Crippen molar-refractivity contribution in [1.29, 1.82) is 0 Å². The molecule has 0 atom stereocenters. The van der Waals surface area contributed by atoms with Gasteiger partial charge in [0.15, 0.2) is 0 Å². The molecular weight excluding hydrogens is 284 g/mol. The van der Waals surface area contributed by atoms with Crippen molar-refractivity contribution < 1.29 is 9.59 Å². The van der Waals surface area contributed by atoms with E-state index in [9.17, 15) is 9.59 Å². The van der Waals surface area contributed by atoms with Gasteiger partial charge < -0.3 is 0 Å². The Bertz CT molecular complexity index is 324. The molecule has 1 fully saturated rings. The Hall–Kier alpha value is -0.180. The fraction of sp³-hybridized carbons (Fsp3) is 0.500. The molecular formula is C8H10N2O2S4. The zero-order valence-corrected chi connectivity index (χ0v) is 12.0. The lowest BCUT2D eigenvalue weighted by atomic mass is 10.3. The van der Waals surface area contributed by atoms with Gasteiger partial charge in [-0.05, 0) is 12.5 Å². The van der Waals surface area contributed by atoms with Gasteiger partial charge in [-0.2, -0.15) is 0 Å². The summed E-state index contributed by atoms with van der Waals surface area (Å²) in [5.41, 5.74) is 0. The average Bonchev–Trinajstić information content (AvgIpc) is 2.29. The Morgan fingerprint density at radius 3 is 1.56 bits per heavy atom. The first kappa shape index (κ1) is 13.9. The van der Waals surface area contributed by atoms with Crippen LogP contribution in [-0.4, -0.2) is 55.9 Å². The van der Waals surface area contributed by atoms with Crippen LogP contribution >= 0.6 is 48.0 Å². The largest absolute Gasteiger partial charge is 0.287 e. The Morgan fingerprint density at radius 1 is 1.00 bits per heavy atom. The molecule has 88 valence electrons. The zero-order valence-electron chi connectivity index (χ0n) is 8.76. The summed E-state index contributed by atoms with van der Waals surface area (Å²) in [5.74, 6) is -0.370. The van der Waals surface area contributed by atoms with Crippen LogP contribution in [0.15, 0.2) is 0 Å². The maximum absolute atomic E-state index is 11.7. The third kappa shape index (κ3) is 2.93. The molecule has 4 nitrogen and oxygen atoms in total. The van der Waals surface area contributed by atoms with E-state index in [0.29, 0.717) is 8.64 Å². The first-order valence-corrected chi connectivity index (χ1v) is 7.54. The number of carbonyl (C=O) groups is 2. The number of piperazine rings is 1. The first-order chi connectivity index (χ1) is 7.51. The molecule has 1 aliphatic heterocycles. The van der Waals surface area contributed by atoms with Crippen molar-refractivity contribution >= 4 is 68.4 Å². The minimum Gasteiger partial charge on any atom is -0.287 e. The molecule has 0 bridgehead atoms. The van der Waals surface area contributed by atoms with Crippen LogP contribution in [-0.2, 0) is 9.59 Å². The van der Waals surface area contributed by atoms with Gasteiger partial charge in [0, 0.05) is 0 Å². The molecule has 16 heavy (non-hydrogen) atoms. The van der Waals surface area contributed by atoms with Crippen molar-refractivity contribution in [2.75, 3.05) is 25.6 Å². The highest BCUT2D eigenvalue weighted by Gasteiger charge is 2.33. The first-order valence-electron chi connectivity index (χ1n) is 4.28. The Kier molecular flexibility index (Phi) is 5.16. The second-order valence-corrected chi connectivity index (χ2v) is 5.78. The van der Waals surface area contributed by atoms with E-state index in [0.717, 1.165) is 0 Å². The molecule has 0 aromatic rings. The second-order valence-electron chi connectivity index (χ2n) is 2.90. The Labute approximate surface area is 113 Å². The van der Waals surface area contributed by atoms with E-state index in [1.54, 1.807) is 12.5 Å². The SMILES string of the molecule is CSC(=S)N1CC(=O)N(C(=S)SC)CC1=O. The third-order valence-corrected chi connectivity index (χ3v) is 4.56. The highest BCUT2D eigenvalue weighted by Crippen LogP contribution is 2.15. The van der Waals surface area contributed by atoms with Crippen LogP contribution in [0.25, 0.3) is 0 Å². The van der Waals surface area contributed by atoms with E-state index < -0.39 is 0 Å². The van der Waals surface area contributed by atoms with E-state index in [1.807, 2.05) is 0 Å². The topological polar surface area (TPSA) is 40.6 Å². The lowest BCUT2D eigenvalue weighted by molar-refractivity contribution is -0.142.